The van der Waals surface area contributed by atoms with E-state index >= 15 is 0 Å². The molecular weight excluding hydrogens is 444 g/mol. The van der Waals surface area contributed by atoms with E-state index in [0.29, 0.717) is 29.2 Å². The monoisotopic (exact) mass is 470 g/mol. The number of carbonyl (C=O) groups is 2. The smallest absolute Gasteiger partial charge is 0.248 e. The minimum Gasteiger partial charge on any atom is -0.497 e. The Morgan fingerprint density at radius 1 is 1.09 bits per heavy atom. The topological polar surface area (TPSA) is 104 Å². The Morgan fingerprint density at radius 3 is 2.54 bits per heavy atom. The SMILES string of the molecule is CCOc1cc2occ(-c3cccc(OC)c3)c2cc1/C(C)=C/C(=O)Nc1ccc(C(N)=O)cc1. The van der Waals surface area contributed by atoms with Gasteiger partial charge in [-0.15, -0.1) is 0 Å². The van der Waals surface area contributed by atoms with Crippen LogP contribution in [0.5, 0.6) is 11.5 Å². The number of nitrogens with two attached hydrogens (primary N) is 1. The molecule has 0 aliphatic heterocycles. The van der Waals surface area contributed by atoms with Gasteiger partial charge < -0.3 is 24.9 Å². The number of anilines is 1. The second-order valence-electron chi connectivity index (χ2n) is 7.92. The third-order valence-corrected chi connectivity index (χ3v) is 5.57. The van der Waals surface area contributed by atoms with Gasteiger partial charge in [0.1, 0.15) is 17.1 Å². The van der Waals surface area contributed by atoms with Gasteiger partial charge in [-0.3, -0.25) is 9.59 Å². The lowest BCUT2D eigenvalue weighted by molar-refractivity contribution is -0.111. The van der Waals surface area contributed by atoms with Gasteiger partial charge in [-0.2, -0.15) is 0 Å². The van der Waals surface area contributed by atoms with Crippen LogP contribution in [0.2, 0.25) is 0 Å². The molecule has 7 nitrogen and oxygen atoms in total. The van der Waals surface area contributed by atoms with Crippen LogP contribution < -0.4 is 20.5 Å². The lowest BCUT2D eigenvalue weighted by atomic mass is 9.99. The van der Waals surface area contributed by atoms with Crippen molar-refractivity contribution < 1.29 is 23.5 Å². The van der Waals surface area contributed by atoms with Gasteiger partial charge in [0.2, 0.25) is 11.8 Å². The molecule has 35 heavy (non-hydrogen) atoms. The molecule has 0 saturated carbocycles. The number of primary amides is 1. The summed E-state index contributed by atoms with van der Waals surface area (Å²) < 4.78 is 17.1. The number of benzene rings is 3. The van der Waals surface area contributed by atoms with E-state index in [1.54, 1.807) is 37.6 Å². The normalized spacial score (nSPS) is 11.3. The van der Waals surface area contributed by atoms with Crippen LogP contribution in [0.15, 0.2) is 77.4 Å². The molecule has 0 saturated heterocycles. The minimum atomic E-state index is -0.523. The Balaban J connectivity index is 1.68. The number of hydrogen-bond acceptors (Lipinski definition) is 5. The standard InChI is InChI=1S/C28H26N2O5/c1-4-34-25-15-26-23(24(16-35-26)19-6-5-7-21(13-19)33-3)14-22(25)17(2)12-27(31)30-20-10-8-18(9-11-20)28(29)32/h5-16H,4H2,1-3H3,(H2,29,32)(H,30,31)/b17-12+. The van der Waals surface area contributed by atoms with Crippen molar-refractivity contribution in [3.05, 3.63) is 84.1 Å². The molecule has 178 valence electrons. The molecule has 0 fully saturated rings. The molecule has 0 atom stereocenters. The van der Waals surface area contributed by atoms with Crippen molar-refractivity contribution in [3.63, 3.8) is 0 Å². The van der Waals surface area contributed by atoms with Crippen molar-refractivity contribution in [2.75, 3.05) is 19.0 Å². The first-order chi connectivity index (χ1) is 16.9. The lowest BCUT2D eigenvalue weighted by Gasteiger charge is -2.12. The van der Waals surface area contributed by atoms with E-state index in [2.05, 4.69) is 5.32 Å². The number of furan rings is 1. The molecule has 4 rings (SSSR count). The van der Waals surface area contributed by atoms with E-state index in [-0.39, 0.29) is 5.91 Å². The molecule has 1 aromatic heterocycles. The fraction of sp³-hybridized carbons (Fsp3) is 0.143. The number of amides is 2. The summed E-state index contributed by atoms with van der Waals surface area (Å²) in [4.78, 5) is 23.9. The molecule has 0 spiro atoms. The van der Waals surface area contributed by atoms with Crippen LogP contribution in [0, 0.1) is 0 Å². The van der Waals surface area contributed by atoms with Gasteiger partial charge in [0.05, 0.1) is 20.0 Å². The first-order valence-corrected chi connectivity index (χ1v) is 11.1. The van der Waals surface area contributed by atoms with Gasteiger partial charge in [0.15, 0.2) is 0 Å². The van der Waals surface area contributed by atoms with Gasteiger partial charge >= 0.3 is 0 Å². The molecular formula is C28H26N2O5. The summed E-state index contributed by atoms with van der Waals surface area (Å²) >= 11 is 0. The maximum absolute atomic E-state index is 12.7. The first-order valence-electron chi connectivity index (χ1n) is 11.1. The summed E-state index contributed by atoms with van der Waals surface area (Å²) in [6, 6.07) is 17.9. The van der Waals surface area contributed by atoms with Crippen LogP contribution in [0.4, 0.5) is 5.69 Å². The number of nitrogens with one attached hydrogen (secondary N) is 1. The summed E-state index contributed by atoms with van der Waals surface area (Å²) in [6.07, 6.45) is 3.22. The van der Waals surface area contributed by atoms with Crippen LogP contribution in [-0.4, -0.2) is 25.5 Å². The number of rotatable bonds is 8. The number of fused-ring (bicyclic) bond motifs is 1. The van der Waals surface area contributed by atoms with Crippen LogP contribution >= 0.6 is 0 Å². The maximum Gasteiger partial charge on any atom is 0.248 e. The molecule has 0 bridgehead atoms. The second-order valence-corrected chi connectivity index (χ2v) is 7.92. The number of allylic oxidation sites excluding steroid dienone is 1. The first kappa shape index (κ1) is 23.6. The molecule has 3 aromatic carbocycles. The highest BCUT2D eigenvalue weighted by molar-refractivity contribution is 6.05. The van der Waals surface area contributed by atoms with Gasteiger partial charge in [0, 0.05) is 39.9 Å². The van der Waals surface area contributed by atoms with Crippen molar-refractivity contribution >= 4 is 34.0 Å². The van der Waals surface area contributed by atoms with Gasteiger partial charge in [-0.25, -0.2) is 0 Å². The quantitative estimate of drug-likeness (QED) is 0.324. The molecule has 7 heteroatoms. The average Bonchev–Trinajstić information content (AvgIpc) is 3.27. The molecule has 0 unspecified atom stereocenters. The highest BCUT2D eigenvalue weighted by atomic mass is 16.5. The van der Waals surface area contributed by atoms with Crippen molar-refractivity contribution in [1.29, 1.82) is 0 Å². The van der Waals surface area contributed by atoms with E-state index in [1.165, 1.54) is 6.08 Å². The summed E-state index contributed by atoms with van der Waals surface area (Å²) in [5.74, 6) is 0.542. The average molecular weight is 471 g/mol. The zero-order chi connectivity index (χ0) is 24.9. The number of ether oxygens (including phenoxy) is 2. The lowest BCUT2D eigenvalue weighted by Crippen LogP contribution is -2.12. The fourth-order valence-electron chi connectivity index (χ4n) is 3.82. The summed E-state index contributed by atoms with van der Waals surface area (Å²) in [7, 11) is 1.63. The van der Waals surface area contributed by atoms with Crippen molar-refractivity contribution in [3.8, 4) is 22.6 Å². The van der Waals surface area contributed by atoms with Gasteiger partial charge in [-0.1, -0.05) is 12.1 Å². The third-order valence-electron chi connectivity index (χ3n) is 5.57. The van der Waals surface area contributed by atoms with Crippen molar-refractivity contribution in [2.24, 2.45) is 5.73 Å². The van der Waals surface area contributed by atoms with Gasteiger partial charge in [-0.05, 0) is 67.4 Å². The summed E-state index contributed by atoms with van der Waals surface area (Å²) in [5, 5.41) is 3.70. The van der Waals surface area contributed by atoms with Crippen LogP contribution in [-0.2, 0) is 4.79 Å². The Bertz CT molecular complexity index is 1420. The minimum absolute atomic E-state index is 0.308. The zero-order valence-corrected chi connectivity index (χ0v) is 19.8. The molecule has 3 N–H and O–H groups in total. The van der Waals surface area contributed by atoms with E-state index in [1.807, 2.05) is 50.2 Å². The fourth-order valence-corrected chi connectivity index (χ4v) is 3.82. The Labute approximate surface area is 203 Å². The maximum atomic E-state index is 12.7. The second kappa shape index (κ2) is 10.2. The Morgan fingerprint density at radius 2 is 1.86 bits per heavy atom. The molecule has 0 aliphatic carbocycles. The van der Waals surface area contributed by atoms with Crippen molar-refractivity contribution in [1.82, 2.24) is 0 Å². The molecule has 1 heterocycles. The third kappa shape index (κ3) is 5.19. The number of methoxy groups -OCH3 is 1. The van der Waals surface area contributed by atoms with E-state index in [4.69, 9.17) is 19.6 Å². The molecule has 0 aliphatic rings. The zero-order valence-electron chi connectivity index (χ0n) is 19.8. The molecule has 4 aromatic rings. The van der Waals surface area contributed by atoms with Crippen LogP contribution in [0.3, 0.4) is 0 Å². The van der Waals surface area contributed by atoms with Crippen molar-refractivity contribution in [2.45, 2.75) is 13.8 Å². The Kier molecular flexibility index (Phi) is 6.87. The number of hydrogen-bond donors (Lipinski definition) is 2. The highest BCUT2D eigenvalue weighted by Crippen LogP contribution is 2.38. The summed E-state index contributed by atoms with van der Waals surface area (Å²) in [6.45, 7) is 4.22. The Hall–Kier alpha value is -4.52. The molecule has 0 radical (unpaired) electrons. The van der Waals surface area contributed by atoms with E-state index in [0.717, 1.165) is 33.4 Å². The number of carbonyl (C=O) groups excluding carboxylic acids is 2. The predicted molar refractivity (Wildman–Crippen MR) is 137 cm³/mol. The predicted octanol–water partition coefficient (Wildman–Crippen LogP) is 5.65. The molecule has 2 amide bonds. The summed E-state index contributed by atoms with van der Waals surface area (Å²) in [5.41, 5.74) is 10.2. The van der Waals surface area contributed by atoms with Gasteiger partial charge in [0.25, 0.3) is 0 Å². The van der Waals surface area contributed by atoms with E-state index < -0.39 is 5.91 Å². The van der Waals surface area contributed by atoms with Crippen LogP contribution in [0.25, 0.3) is 27.7 Å². The van der Waals surface area contributed by atoms with E-state index in [9.17, 15) is 9.59 Å². The van der Waals surface area contributed by atoms with Crippen LogP contribution in [0.1, 0.15) is 29.8 Å². The highest BCUT2D eigenvalue weighted by Gasteiger charge is 2.16. The largest absolute Gasteiger partial charge is 0.497 e.